The molecular weight excluding hydrogens is 434 g/mol. The number of carbonyl (C=O) groups is 2. The molecule has 0 saturated heterocycles. The Labute approximate surface area is 187 Å². The van der Waals surface area contributed by atoms with Gasteiger partial charge in [-0.15, -0.1) is 11.3 Å². The first-order chi connectivity index (χ1) is 15.4. The Morgan fingerprint density at radius 3 is 2.75 bits per heavy atom. The molecule has 1 heterocycles. The van der Waals surface area contributed by atoms with Crippen LogP contribution in [0, 0.1) is 10.1 Å². The van der Waals surface area contributed by atoms with Gasteiger partial charge in [0.25, 0.3) is 11.6 Å². The van der Waals surface area contributed by atoms with Crippen LogP contribution in [-0.4, -0.2) is 35.0 Å². The molecule has 0 bridgehead atoms. The van der Waals surface area contributed by atoms with Gasteiger partial charge in [0.2, 0.25) is 0 Å². The molecule has 9 nitrogen and oxygen atoms in total. The Morgan fingerprint density at radius 2 is 2.00 bits per heavy atom. The van der Waals surface area contributed by atoms with Crippen LogP contribution in [0.2, 0.25) is 0 Å². The minimum Gasteiger partial charge on any atom is -0.497 e. The Kier molecular flexibility index (Phi) is 7.29. The smallest absolute Gasteiger partial charge is 0.331 e. The van der Waals surface area contributed by atoms with E-state index < -0.39 is 22.9 Å². The number of esters is 1. The van der Waals surface area contributed by atoms with Crippen molar-refractivity contribution in [3.8, 4) is 17.0 Å². The Bertz CT molecular complexity index is 1170. The molecule has 1 unspecified atom stereocenters. The Morgan fingerprint density at radius 1 is 1.22 bits per heavy atom. The van der Waals surface area contributed by atoms with Gasteiger partial charge in [0.05, 0.1) is 17.7 Å². The van der Waals surface area contributed by atoms with Gasteiger partial charge in [0.1, 0.15) is 5.75 Å². The van der Waals surface area contributed by atoms with Crippen LogP contribution in [0.25, 0.3) is 17.3 Å². The number of rotatable bonds is 8. The Balaban J connectivity index is 1.57. The molecule has 0 radical (unpaired) electrons. The van der Waals surface area contributed by atoms with E-state index in [0.717, 1.165) is 16.9 Å². The van der Waals surface area contributed by atoms with Crippen molar-refractivity contribution in [1.82, 2.24) is 4.98 Å². The molecule has 1 atom stereocenters. The summed E-state index contributed by atoms with van der Waals surface area (Å²) >= 11 is 1.16. The van der Waals surface area contributed by atoms with E-state index in [1.807, 2.05) is 0 Å². The van der Waals surface area contributed by atoms with Crippen LogP contribution >= 0.6 is 11.3 Å². The van der Waals surface area contributed by atoms with Gasteiger partial charge in [-0.25, -0.2) is 9.78 Å². The number of methoxy groups -OCH3 is 1. The zero-order valence-electron chi connectivity index (χ0n) is 17.2. The highest BCUT2D eigenvalue weighted by Gasteiger charge is 2.18. The fourth-order valence-corrected chi connectivity index (χ4v) is 3.35. The lowest BCUT2D eigenvalue weighted by Gasteiger charge is -2.10. The molecule has 3 rings (SSSR count). The van der Waals surface area contributed by atoms with E-state index in [1.54, 1.807) is 55.0 Å². The predicted octanol–water partition coefficient (Wildman–Crippen LogP) is 4.31. The van der Waals surface area contributed by atoms with E-state index in [4.69, 9.17) is 9.47 Å². The van der Waals surface area contributed by atoms with Crippen LogP contribution in [0.1, 0.15) is 12.5 Å². The minimum absolute atomic E-state index is 0.0522. The number of ether oxygens (including phenoxy) is 2. The average molecular weight is 453 g/mol. The number of thiazole rings is 1. The second-order valence-corrected chi connectivity index (χ2v) is 7.38. The van der Waals surface area contributed by atoms with Gasteiger partial charge in [-0.05, 0) is 30.7 Å². The molecule has 1 amide bonds. The number of aromatic nitrogens is 1. The lowest BCUT2D eigenvalue weighted by atomic mass is 10.1. The highest BCUT2D eigenvalue weighted by molar-refractivity contribution is 7.14. The van der Waals surface area contributed by atoms with E-state index in [-0.39, 0.29) is 10.8 Å². The highest BCUT2D eigenvalue weighted by atomic mass is 32.1. The summed E-state index contributed by atoms with van der Waals surface area (Å²) < 4.78 is 10.3. The third-order valence-electron chi connectivity index (χ3n) is 4.25. The van der Waals surface area contributed by atoms with E-state index in [9.17, 15) is 19.7 Å². The second-order valence-electron chi connectivity index (χ2n) is 6.52. The van der Waals surface area contributed by atoms with Gasteiger partial charge in [-0.2, -0.15) is 0 Å². The summed E-state index contributed by atoms with van der Waals surface area (Å²) in [5.74, 6) is -0.568. The number of nitro groups is 1. The average Bonchev–Trinajstić information content (AvgIpc) is 3.26. The van der Waals surface area contributed by atoms with E-state index >= 15 is 0 Å². The van der Waals surface area contributed by atoms with Crippen molar-refractivity contribution in [2.75, 3.05) is 12.4 Å². The first kappa shape index (κ1) is 22.6. The molecule has 3 aromatic rings. The first-order valence-electron chi connectivity index (χ1n) is 9.39. The van der Waals surface area contributed by atoms with Gasteiger partial charge in [0, 0.05) is 29.2 Å². The molecule has 0 spiro atoms. The molecule has 32 heavy (non-hydrogen) atoms. The summed E-state index contributed by atoms with van der Waals surface area (Å²) in [5, 5.41) is 15.5. The predicted molar refractivity (Wildman–Crippen MR) is 120 cm³/mol. The third kappa shape index (κ3) is 5.99. The lowest BCUT2D eigenvalue weighted by Crippen LogP contribution is -2.29. The van der Waals surface area contributed by atoms with Crippen molar-refractivity contribution in [1.29, 1.82) is 0 Å². The number of benzene rings is 2. The summed E-state index contributed by atoms with van der Waals surface area (Å²) in [7, 11) is 1.55. The second kappa shape index (κ2) is 10.3. The first-order valence-corrected chi connectivity index (χ1v) is 10.3. The van der Waals surface area contributed by atoms with Crippen LogP contribution in [0.5, 0.6) is 5.75 Å². The maximum atomic E-state index is 12.3. The third-order valence-corrected chi connectivity index (χ3v) is 5.01. The summed E-state index contributed by atoms with van der Waals surface area (Å²) in [6.07, 6.45) is 1.73. The molecule has 10 heteroatoms. The number of nitrogens with zero attached hydrogens (tertiary/aromatic N) is 2. The number of carbonyl (C=O) groups excluding carboxylic acids is 2. The molecule has 2 aromatic carbocycles. The largest absolute Gasteiger partial charge is 0.497 e. The molecule has 0 aliphatic heterocycles. The summed E-state index contributed by atoms with van der Waals surface area (Å²) in [6.45, 7) is 1.45. The number of hydrogen-bond donors (Lipinski definition) is 1. The van der Waals surface area contributed by atoms with E-state index in [1.165, 1.54) is 25.1 Å². The van der Waals surface area contributed by atoms with E-state index in [2.05, 4.69) is 10.3 Å². The van der Waals surface area contributed by atoms with Crippen molar-refractivity contribution in [2.45, 2.75) is 13.0 Å². The van der Waals surface area contributed by atoms with Crippen LogP contribution < -0.4 is 10.1 Å². The minimum atomic E-state index is -1.05. The SMILES string of the molecule is COc1cccc(/C=C/C(=O)OC(C)C(=O)Nc2nc(-c3cccc([N+](=O)[O-])c3)cs2)c1. The molecule has 0 saturated carbocycles. The topological polar surface area (TPSA) is 121 Å². The fraction of sp³-hybridized carbons (Fsp3) is 0.136. The normalized spacial score (nSPS) is 11.7. The van der Waals surface area contributed by atoms with Crippen LogP contribution in [0.4, 0.5) is 10.8 Å². The van der Waals surface area contributed by atoms with Crippen LogP contribution in [0.3, 0.4) is 0 Å². The quantitative estimate of drug-likeness (QED) is 0.233. The van der Waals surface area contributed by atoms with Crippen molar-refractivity contribution < 1.29 is 24.0 Å². The number of anilines is 1. The van der Waals surface area contributed by atoms with Crippen molar-refractivity contribution in [3.63, 3.8) is 0 Å². The lowest BCUT2D eigenvalue weighted by molar-refractivity contribution is -0.384. The van der Waals surface area contributed by atoms with Crippen LogP contribution in [0.15, 0.2) is 60.0 Å². The fourth-order valence-electron chi connectivity index (χ4n) is 2.63. The van der Waals surface area contributed by atoms with Gasteiger partial charge < -0.3 is 9.47 Å². The number of non-ortho nitro benzene ring substituents is 1. The maximum absolute atomic E-state index is 12.3. The highest BCUT2D eigenvalue weighted by Crippen LogP contribution is 2.27. The monoisotopic (exact) mass is 453 g/mol. The zero-order chi connectivity index (χ0) is 23.1. The molecule has 0 aliphatic carbocycles. The summed E-state index contributed by atoms with van der Waals surface area (Å²) in [6, 6.07) is 13.2. The molecule has 0 fully saturated rings. The summed E-state index contributed by atoms with van der Waals surface area (Å²) in [4.78, 5) is 39.1. The Hall–Kier alpha value is -4.05. The molecule has 1 aromatic heterocycles. The van der Waals surface area contributed by atoms with Crippen molar-refractivity contribution in [2.24, 2.45) is 0 Å². The molecule has 1 N–H and O–H groups in total. The van der Waals surface area contributed by atoms with E-state index in [0.29, 0.717) is 17.0 Å². The molecular formula is C22H19N3O6S. The van der Waals surface area contributed by atoms with Crippen molar-refractivity contribution >= 4 is 40.1 Å². The number of hydrogen-bond acceptors (Lipinski definition) is 8. The maximum Gasteiger partial charge on any atom is 0.331 e. The van der Waals surface area contributed by atoms with Crippen molar-refractivity contribution in [3.05, 3.63) is 75.7 Å². The number of nitro benzene ring substituents is 1. The summed E-state index contributed by atoms with van der Waals surface area (Å²) in [5.41, 5.74) is 1.73. The van der Waals surface area contributed by atoms with Gasteiger partial charge in [-0.3, -0.25) is 20.2 Å². The zero-order valence-corrected chi connectivity index (χ0v) is 18.0. The number of nitrogens with one attached hydrogen (secondary N) is 1. The van der Waals surface area contributed by atoms with Gasteiger partial charge in [-0.1, -0.05) is 24.3 Å². The van der Waals surface area contributed by atoms with Gasteiger partial charge >= 0.3 is 5.97 Å². The van der Waals surface area contributed by atoms with Gasteiger partial charge in [0.15, 0.2) is 11.2 Å². The molecule has 164 valence electrons. The standard InChI is InChI=1S/C22H19N3O6S/c1-14(31-20(26)10-9-15-5-3-8-18(11-15)30-2)21(27)24-22-23-19(13-32-22)16-6-4-7-17(12-16)25(28)29/h3-14H,1-2H3,(H,23,24,27)/b10-9+. The number of amides is 1. The molecule has 0 aliphatic rings. The van der Waals surface area contributed by atoms with Crippen LogP contribution in [-0.2, 0) is 14.3 Å².